The van der Waals surface area contributed by atoms with Gasteiger partial charge in [-0.2, -0.15) is 0 Å². The van der Waals surface area contributed by atoms with Gasteiger partial charge in [-0.1, -0.05) is 51.4 Å². The number of hydrogen-bond acceptors (Lipinski definition) is 5. The minimum Gasteiger partial charge on any atom is -0.389 e. The Bertz CT molecular complexity index is 891. The van der Waals surface area contributed by atoms with Crippen molar-refractivity contribution in [3.05, 3.63) is 34.9 Å². The van der Waals surface area contributed by atoms with E-state index in [0.717, 1.165) is 12.0 Å². The Labute approximate surface area is 208 Å². The van der Waals surface area contributed by atoms with Crippen LogP contribution in [0, 0.1) is 17.3 Å². The van der Waals surface area contributed by atoms with Crippen molar-refractivity contribution >= 4 is 23.4 Å². The topological polar surface area (TPSA) is 116 Å². The first-order valence-corrected chi connectivity index (χ1v) is 12.7. The number of nitrogens with two attached hydrogens (primary N) is 1. The fourth-order valence-corrected chi connectivity index (χ4v) is 5.84. The molecule has 34 heavy (non-hydrogen) atoms. The van der Waals surface area contributed by atoms with Crippen molar-refractivity contribution in [1.29, 1.82) is 0 Å². The lowest BCUT2D eigenvalue weighted by molar-refractivity contribution is -0.157. The largest absolute Gasteiger partial charge is 0.389 e. The lowest BCUT2D eigenvalue weighted by Gasteiger charge is -2.51. The van der Waals surface area contributed by atoms with Crippen molar-refractivity contribution in [2.24, 2.45) is 23.0 Å². The summed E-state index contributed by atoms with van der Waals surface area (Å²) in [5.74, 6) is -1.12. The highest BCUT2D eigenvalue weighted by molar-refractivity contribution is 6.30. The molecule has 0 aromatic heterocycles. The quantitative estimate of drug-likeness (QED) is 0.466. The molecule has 2 fully saturated rings. The smallest absolute Gasteiger partial charge is 0.245 e. The molecular weight excluding hydrogens is 454 g/mol. The molecule has 0 radical (unpaired) electrons. The van der Waals surface area contributed by atoms with Gasteiger partial charge in [-0.25, -0.2) is 0 Å². The number of nitrogens with one attached hydrogen (secondary N) is 1. The second-order valence-electron chi connectivity index (χ2n) is 11.1. The van der Waals surface area contributed by atoms with E-state index in [0.29, 0.717) is 50.3 Å². The molecule has 1 aromatic rings. The fourth-order valence-electron chi connectivity index (χ4n) is 5.71. The third kappa shape index (κ3) is 5.13. The van der Waals surface area contributed by atoms with E-state index in [-0.39, 0.29) is 17.7 Å². The number of likely N-dealkylation sites (tertiary alicyclic amines) is 1. The van der Waals surface area contributed by atoms with Gasteiger partial charge in [-0.05, 0) is 62.3 Å². The molecule has 3 rings (SSSR count). The molecule has 1 saturated heterocycles. The summed E-state index contributed by atoms with van der Waals surface area (Å²) < 4.78 is 0. The molecule has 0 bridgehead atoms. The van der Waals surface area contributed by atoms with Crippen LogP contribution in [0.15, 0.2) is 24.3 Å². The maximum Gasteiger partial charge on any atom is 0.245 e. The molecule has 190 valence electrons. The van der Waals surface area contributed by atoms with Gasteiger partial charge in [-0.3, -0.25) is 9.59 Å². The minimum absolute atomic E-state index is 0.124. The molecule has 1 aliphatic heterocycles. The first-order chi connectivity index (χ1) is 15.8. The van der Waals surface area contributed by atoms with Crippen LogP contribution in [-0.2, 0) is 15.2 Å². The van der Waals surface area contributed by atoms with Crippen LogP contribution in [0.5, 0.6) is 0 Å². The van der Waals surface area contributed by atoms with E-state index < -0.39 is 28.6 Å². The van der Waals surface area contributed by atoms with E-state index in [1.807, 2.05) is 39.8 Å². The highest BCUT2D eigenvalue weighted by atomic mass is 35.5. The van der Waals surface area contributed by atoms with Gasteiger partial charge in [0.05, 0.1) is 17.1 Å². The Morgan fingerprint density at radius 1 is 1.21 bits per heavy atom. The second kappa shape index (κ2) is 10.1. The summed E-state index contributed by atoms with van der Waals surface area (Å²) in [4.78, 5) is 28.5. The molecule has 1 aliphatic carbocycles. The summed E-state index contributed by atoms with van der Waals surface area (Å²) in [6, 6.07) is 6.50. The first kappa shape index (κ1) is 26.9. The number of carbonyl (C=O) groups excluding carboxylic acids is 2. The summed E-state index contributed by atoms with van der Waals surface area (Å²) >= 11 is 6.03. The predicted octanol–water partition coefficient (Wildman–Crippen LogP) is 2.81. The van der Waals surface area contributed by atoms with E-state index in [4.69, 9.17) is 17.3 Å². The van der Waals surface area contributed by atoms with Crippen LogP contribution in [-0.4, -0.2) is 58.2 Å². The molecule has 2 amide bonds. The number of aliphatic hydroxyl groups is 2. The highest BCUT2D eigenvalue weighted by Crippen LogP contribution is 2.46. The molecule has 4 atom stereocenters. The van der Waals surface area contributed by atoms with Crippen molar-refractivity contribution in [2.75, 3.05) is 19.6 Å². The Balaban J connectivity index is 1.74. The van der Waals surface area contributed by atoms with Crippen molar-refractivity contribution in [2.45, 2.75) is 77.0 Å². The monoisotopic (exact) mass is 493 g/mol. The number of piperidine rings is 1. The lowest BCUT2D eigenvalue weighted by Crippen LogP contribution is -2.61. The van der Waals surface area contributed by atoms with Gasteiger partial charge in [0.15, 0.2) is 0 Å². The van der Waals surface area contributed by atoms with Crippen LogP contribution in [0.2, 0.25) is 5.02 Å². The third-order valence-electron chi connectivity index (χ3n) is 7.96. The zero-order valence-corrected chi connectivity index (χ0v) is 21.6. The standard InChI is InChI=1S/C26H40ClN3O4/c1-17(2)21(29-22(31)20-6-5-11-25(20,33)12-14-28)23(32)30-15-13-26(34,24(3,4)16-30)18-7-9-19(27)10-8-18/h7-10,17,20-21,33-34H,5-6,11-16,28H2,1-4H3,(H,29,31)/t20?,21-,25?,26+/m1/s1. The van der Waals surface area contributed by atoms with E-state index in [2.05, 4.69) is 5.32 Å². The SMILES string of the molecule is CC(C)[C@@H](NC(=O)C1CCCC1(O)CCN)C(=O)N1CC[C@](O)(c2ccc(Cl)cc2)C(C)(C)C1. The Morgan fingerprint density at radius 2 is 1.85 bits per heavy atom. The summed E-state index contributed by atoms with van der Waals surface area (Å²) in [7, 11) is 0. The van der Waals surface area contributed by atoms with Crippen molar-refractivity contribution in [3.63, 3.8) is 0 Å². The molecule has 8 heteroatoms. The highest BCUT2D eigenvalue weighted by Gasteiger charge is 2.51. The van der Waals surface area contributed by atoms with Crippen molar-refractivity contribution in [3.8, 4) is 0 Å². The summed E-state index contributed by atoms with van der Waals surface area (Å²) in [6.45, 7) is 8.76. The molecular formula is C26H40ClN3O4. The van der Waals surface area contributed by atoms with Gasteiger partial charge in [0.1, 0.15) is 6.04 Å². The zero-order valence-electron chi connectivity index (χ0n) is 20.8. The number of hydrogen-bond donors (Lipinski definition) is 4. The predicted molar refractivity (Wildman–Crippen MR) is 133 cm³/mol. The number of halogens is 1. The molecule has 7 nitrogen and oxygen atoms in total. The molecule has 1 heterocycles. The molecule has 1 aromatic carbocycles. The van der Waals surface area contributed by atoms with E-state index in [1.165, 1.54) is 0 Å². The van der Waals surface area contributed by atoms with Crippen LogP contribution in [0.3, 0.4) is 0 Å². The number of carbonyl (C=O) groups is 2. The Hall–Kier alpha value is -1.67. The minimum atomic E-state index is -1.11. The second-order valence-corrected chi connectivity index (χ2v) is 11.5. The molecule has 1 saturated carbocycles. The summed E-state index contributed by atoms with van der Waals surface area (Å²) in [5, 5.41) is 26.1. The van der Waals surface area contributed by atoms with Crippen LogP contribution < -0.4 is 11.1 Å². The summed E-state index contributed by atoms with van der Waals surface area (Å²) in [6.07, 6.45) is 2.65. The average molecular weight is 494 g/mol. The van der Waals surface area contributed by atoms with Gasteiger partial charge in [0.25, 0.3) is 0 Å². The van der Waals surface area contributed by atoms with Gasteiger partial charge in [-0.15, -0.1) is 0 Å². The van der Waals surface area contributed by atoms with Gasteiger partial charge in [0, 0.05) is 23.5 Å². The normalized spacial score (nSPS) is 29.8. The summed E-state index contributed by atoms with van der Waals surface area (Å²) in [5.41, 5.74) is 3.62. The van der Waals surface area contributed by atoms with Crippen LogP contribution in [0.1, 0.15) is 65.4 Å². The Kier molecular flexibility index (Phi) is 8.03. The van der Waals surface area contributed by atoms with Gasteiger partial charge in [0.2, 0.25) is 11.8 Å². The fraction of sp³-hybridized carbons (Fsp3) is 0.692. The van der Waals surface area contributed by atoms with Gasteiger partial charge < -0.3 is 26.2 Å². The van der Waals surface area contributed by atoms with Crippen molar-refractivity contribution < 1.29 is 19.8 Å². The number of nitrogens with zero attached hydrogens (tertiary/aromatic N) is 1. The molecule has 2 aliphatic rings. The van der Waals surface area contributed by atoms with E-state index in [9.17, 15) is 19.8 Å². The van der Waals surface area contributed by atoms with E-state index >= 15 is 0 Å². The van der Waals surface area contributed by atoms with E-state index in [1.54, 1.807) is 17.0 Å². The van der Waals surface area contributed by atoms with Gasteiger partial charge >= 0.3 is 0 Å². The van der Waals surface area contributed by atoms with Crippen molar-refractivity contribution in [1.82, 2.24) is 10.2 Å². The Morgan fingerprint density at radius 3 is 2.41 bits per heavy atom. The average Bonchev–Trinajstić information content (AvgIpc) is 3.15. The first-order valence-electron chi connectivity index (χ1n) is 12.3. The number of rotatable bonds is 7. The lowest BCUT2D eigenvalue weighted by atomic mass is 9.66. The number of benzene rings is 1. The third-order valence-corrected chi connectivity index (χ3v) is 8.21. The van der Waals surface area contributed by atoms with Crippen LogP contribution in [0.25, 0.3) is 0 Å². The molecule has 2 unspecified atom stereocenters. The molecule has 0 spiro atoms. The molecule has 5 N–H and O–H groups in total. The maximum absolute atomic E-state index is 13.6. The van der Waals surface area contributed by atoms with Crippen LogP contribution in [0.4, 0.5) is 0 Å². The van der Waals surface area contributed by atoms with Crippen LogP contribution >= 0.6 is 11.6 Å². The zero-order chi connectivity index (χ0) is 25.3. The maximum atomic E-state index is 13.6. The number of amides is 2.